The average molecular weight is 439 g/mol. The molecule has 2 N–H and O–H groups in total. The summed E-state index contributed by atoms with van der Waals surface area (Å²) in [7, 11) is 0. The van der Waals surface area contributed by atoms with Crippen LogP contribution in [0.3, 0.4) is 0 Å². The Morgan fingerprint density at radius 3 is 2.53 bits per heavy atom. The van der Waals surface area contributed by atoms with Gasteiger partial charge in [0, 0.05) is 30.5 Å². The predicted octanol–water partition coefficient (Wildman–Crippen LogP) is 3.79. The van der Waals surface area contributed by atoms with Crippen LogP contribution in [0.15, 0.2) is 48.5 Å². The Bertz CT molecular complexity index is 1180. The Morgan fingerprint density at radius 2 is 1.84 bits per heavy atom. The van der Waals surface area contributed by atoms with Crippen LogP contribution in [-0.4, -0.2) is 40.9 Å². The molecule has 1 atom stereocenters. The molecule has 4 rings (SSSR count). The molecular formula is C24H23F2N3O3. The molecule has 32 heavy (non-hydrogen) atoms. The van der Waals surface area contributed by atoms with Crippen molar-refractivity contribution in [2.45, 2.75) is 31.8 Å². The van der Waals surface area contributed by atoms with Crippen LogP contribution >= 0.6 is 0 Å². The summed E-state index contributed by atoms with van der Waals surface area (Å²) in [6, 6.07) is 12.2. The van der Waals surface area contributed by atoms with Crippen molar-refractivity contribution in [2.24, 2.45) is 5.73 Å². The van der Waals surface area contributed by atoms with Gasteiger partial charge < -0.3 is 15.4 Å². The van der Waals surface area contributed by atoms with Crippen LogP contribution in [0, 0.1) is 11.6 Å². The van der Waals surface area contributed by atoms with Crippen molar-refractivity contribution in [1.29, 1.82) is 0 Å². The number of piperidine rings is 1. The highest BCUT2D eigenvalue weighted by atomic mass is 19.1. The molecule has 1 aromatic heterocycles. The van der Waals surface area contributed by atoms with Gasteiger partial charge in [-0.05, 0) is 44.0 Å². The molecule has 2 heterocycles. The summed E-state index contributed by atoms with van der Waals surface area (Å²) >= 11 is 0. The molecule has 6 nitrogen and oxygen atoms in total. The average Bonchev–Trinajstić information content (AvgIpc) is 2.79. The number of hydrogen-bond acceptors (Lipinski definition) is 4. The lowest BCUT2D eigenvalue weighted by Crippen LogP contribution is -2.44. The molecule has 0 aliphatic carbocycles. The first-order chi connectivity index (χ1) is 15.3. The van der Waals surface area contributed by atoms with Crippen molar-refractivity contribution in [2.75, 3.05) is 13.1 Å². The number of primary amides is 1. The minimum Gasteiger partial charge on any atom is -0.478 e. The number of pyridine rings is 1. The minimum atomic E-state index is -0.925. The number of nitrogens with zero attached hydrogens (tertiary/aromatic N) is 2. The second kappa shape index (κ2) is 8.90. The first-order valence-electron chi connectivity index (χ1n) is 10.4. The topological polar surface area (TPSA) is 85.5 Å². The molecule has 1 unspecified atom stereocenters. The standard InChI is InChI=1S/C24H23F2N3O3/c1-14(32-21-7-6-17(25)13-19(21)26)24(31)29-10-8-15(9-11-29)22-18(23(27)30)12-16-4-2-3-5-20(16)28-22/h2-7,12-15H,8-11H2,1H3,(H2,27,30). The van der Waals surface area contributed by atoms with Crippen molar-refractivity contribution in [3.05, 3.63) is 71.4 Å². The van der Waals surface area contributed by atoms with E-state index in [-0.39, 0.29) is 17.6 Å². The van der Waals surface area contributed by atoms with Gasteiger partial charge in [0.1, 0.15) is 5.82 Å². The molecule has 2 aromatic carbocycles. The number of carbonyl (C=O) groups excluding carboxylic acids is 2. The van der Waals surface area contributed by atoms with Gasteiger partial charge in [0.15, 0.2) is 17.7 Å². The van der Waals surface area contributed by atoms with Crippen LogP contribution in [0.2, 0.25) is 0 Å². The normalized spacial score (nSPS) is 15.5. The zero-order valence-electron chi connectivity index (χ0n) is 17.6. The van der Waals surface area contributed by atoms with Crippen LogP contribution in [0.25, 0.3) is 10.9 Å². The van der Waals surface area contributed by atoms with Crippen LogP contribution < -0.4 is 10.5 Å². The van der Waals surface area contributed by atoms with Gasteiger partial charge in [-0.3, -0.25) is 14.6 Å². The molecule has 1 aliphatic rings. The number of aromatic nitrogens is 1. The number of halogens is 2. The fourth-order valence-corrected chi connectivity index (χ4v) is 4.08. The molecule has 0 radical (unpaired) electrons. The van der Waals surface area contributed by atoms with E-state index in [0.717, 1.165) is 23.0 Å². The molecule has 8 heteroatoms. The molecule has 3 aromatic rings. The number of para-hydroxylation sites is 1. The Kier molecular flexibility index (Phi) is 6.03. The molecule has 1 aliphatic heterocycles. The Labute approximate surface area is 184 Å². The van der Waals surface area contributed by atoms with Crippen molar-refractivity contribution in [3.63, 3.8) is 0 Å². The third-order valence-electron chi connectivity index (χ3n) is 5.76. The Hall–Kier alpha value is -3.55. The van der Waals surface area contributed by atoms with E-state index in [9.17, 15) is 18.4 Å². The summed E-state index contributed by atoms with van der Waals surface area (Å²) < 4.78 is 32.3. The third-order valence-corrected chi connectivity index (χ3v) is 5.76. The number of carbonyl (C=O) groups is 2. The van der Waals surface area contributed by atoms with E-state index >= 15 is 0 Å². The monoisotopic (exact) mass is 439 g/mol. The summed E-state index contributed by atoms with van der Waals surface area (Å²) in [5.41, 5.74) is 7.45. The van der Waals surface area contributed by atoms with E-state index in [1.807, 2.05) is 24.3 Å². The Balaban J connectivity index is 1.45. The summed E-state index contributed by atoms with van der Waals surface area (Å²) in [4.78, 5) is 31.2. The number of nitrogens with two attached hydrogens (primary N) is 1. The first kappa shape index (κ1) is 21.7. The van der Waals surface area contributed by atoms with E-state index in [0.29, 0.717) is 43.3 Å². The van der Waals surface area contributed by atoms with Crippen molar-refractivity contribution in [3.8, 4) is 5.75 Å². The lowest BCUT2D eigenvalue weighted by molar-refractivity contribution is -0.139. The van der Waals surface area contributed by atoms with Crippen LogP contribution in [-0.2, 0) is 4.79 Å². The second-order valence-corrected chi connectivity index (χ2v) is 7.91. The third kappa shape index (κ3) is 4.39. The maximum absolute atomic E-state index is 13.8. The largest absolute Gasteiger partial charge is 0.478 e. The van der Waals surface area contributed by atoms with Crippen LogP contribution in [0.5, 0.6) is 5.75 Å². The van der Waals surface area contributed by atoms with Crippen molar-refractivity contribution < 1.29 is 23.1 Å². The fourth-order valence-electron chi connectivity index (χ4n) is 4.08. The quantitative estimate of drug-likeness (QED) is 0.656. The van der Waals surface area contributed by atoms with Gasteiger partial charge in [0.25, 0.3) is 11.8 Å². The predicted molar refractivity (Wildman–Crippen MR) is 115 cm³/mol. The maximum atomic E-state index is 13.8. The Morgan fingerprint density at radius 1 is 1.12 bits per heavy atom. The van der Waals surface area contributed by atoms with Crippen molar-refractivity contribution in [1.82, 2.24) is 9.88 Å². The van der Waals surface area contributed by atoms with Gasteiger partial charge >= 0.3 is 0 Å². The number of amides is 2. The van der Waals surface area contributed by atoms with Gasteiger partial charge in [-0.1, -0.05) is 18.2 Å². The second-order valence-electron chi connectivity index (χ2n) is 7.91. The van der Waals surface area contributed by atoms with Gasteiger partial charge in [-0.2, -0.15) is 0 Å². The lowest BCUT2D eigenvalue weighted by atomic mass is 9.89. The smallest absolute Gasteiger partial charge is 0.263 e. The molecule has 0 bridgehead atoms. The summed E-state index contributed by atoms with van der Waals surface area (Å²) in [5.74, 6) is -2.57. The van der Waals surface area contributed by atoms with Crippen LogP contribution in [0.1, 0.15) is 41.7 Å². The van der Waals surface area contributed by atoms with Gasteiger partial charge in [-0.25, -0.2) is 8.78 Å². The van der Waals surface area contributed by atoms with E-state index in [2.05, 4.69) is 0 Å². The van der Waals surface area contributed by atoms with Crippen molar-refractivity contribution >= 4 is 22.7 Å². The maximum Gasteiger partial charge on any atom is 0.263 e. The minimum absolute atomic E-state index is 0.0167. The molecular weight excluding hydrogens is 416 g/mol. The highest BCUT2D eigenvalue weighted by Crippen LogP contribution is 2.31. The van der Waals surface area contributed by atoms with E-state index in [1.54, 1.807) is 11.0 Å². The number of hydrogen-bond donors (Lipinski definition) is 1. The van der Waals surface area contributed by atoms with Gasteiger partial charge in [0.05, 0.1) is 16.8 Å². The molecule has 166 valence electrons. The van der Waals surface area contributed by atoms with E-state index in [1.165, 1.54) is 6.92 Å². The van der Waals surface area contributed by atoms with Gasteiger partial charge in [-0.15, -0.1) is 0 Å². The zero-order chi connectivity index (χ0) is 22.8. The molecule has 1 saturated heterocycles. The van der Waals surface area contributed by atoms with E-state index < -0.39 is 23.6 Å². The molecule has 2 amide bonds. The van der Waals surface area contributed by atoms with Gasteiger partial charge in [0.2, 0.25) is 0 Å². The summed E-state index contributed by atoms with van der Waals surface area (Å²) in [6.07, 6.45) is 0.288. The first-order valence-corrected chi connectivity index (χ1v) is 10.4. The van der Waals surface area contributed by atoms with Crippen LogP contribution in [0.4, 0.5) is 8.78 Å². The highest BCUT2D eigenvalue weighted by molar-refractivity contribution is 5.97. The van der Waals surface area contributed by atoms with E-state index in [4.69, 9.17) is 15.5 Å². The molecule has 1 fully saturated rings. The summed E-state index contributed by atoms with van der Waals surface area (Å²) in [6.45, 7) is 2.42. The molecule has 0 spiro atoms. The zero-order valence-corrected chi connectivity index (χ0v) is 17.6. The number of fused-ring (bicyclic) bond motifs is 1. The number of likely N-dealkylation sites (tertiary alicyclic amines) is 1. The summed E-state index contributed by atoms with van der Waals surface area (Å²) in [5, 5.41) is 0.844. The highest BCUT2D eigenvalue weighted by Gasteiger charge is 2.30. The fraction of sp³-hybridized carbons (Fsp3) is 0.292. The SMILES string of the molecule is CC(Oc1ccc(F)cc1F)C(=O)N1CCC(c2nc3ccccc3cc2C(N)=O)CC1. The lowest BCUT2D eigenvalue weighted by Gasteiger charge is -2.33. The number of rotatable bonds is 5. The number of ether oxygens (including phenoxy) is 1. The number of benzene rings is 2. The molecule has 0 saturated carbocycles.